The maximum absolute atomic E-state index is 12.4. The lowest BCUT2D eigenvalue weighted by molar-refractivity contribution is 0.166. The van der Waals surface area contributed by atoms with E-state index in [0.29, 0.717) is 12.4 Å². The van der Waals surface area contributed by atoms with Gasteiger partial charge in [0, 0.05) is 37.3 Å². The van der Waals surface area contributed by atoms with E-state index in [1.807, 2.05) is 43.6 Å². The minimum Gasteiger partial charge on any atom is -0.327 e. The first kappa shape index (κ1) is 14.6. The highest BCUT2D eigenvalue weighted by molar-refractivity contribution is 5.92. The molecule has 1 aromatic carbocycles. The van der Waals surface area contributed by atoms with Crippen molar-refractivity contribution in [3.8, 4) is 11.1 Å². The number of carbonyl (C=O) groups is 1. The molecule has 22 heavy (non-hydrogen) atoms. The number of carbonyl (C=O) groups excluding carboxylic acids is 1. The van der Waals surface area contributed by atoms with E-state index in [2.05, 4.69) is 31.0 Å². The molecule has 0 aliphatic carbocycles. The van der Waals surface area contributed by atoms with Crippen molar-refractivity contribution in [2.75, 3.05) is 25.0 Å². The van der Waals surface area contributed by atoms with Crippen LogP contribution in [-0.2, 0) is 0 Å². The topological polar surface area (TPSA) is 36.4 Å². The third-order valence-electron chi connectivity index (χ3n) is 3.94. The van der Waals surface area contributed by atoms with Crippen LogP contribution in [0, 0.1) is 5.41 Å². The van der Waals surface area contributed by atoms with Crippen molar-refractivity contribution in [2.24, 2.45) is 5.41 Å². The number of aromatic nitrogens is 1. The summed E-state index contributed by atoms with van der Waals surface area (Å²) in [4.78, 5) is 20.4. The highest BCUT2D eigenvalue weighted by atomic mass is 16.2. The third-order valence-corrected chi connectivity index (χ3v) is 3.94. The Hall–Kier alpha value is -2.36. The number of nitrogens with zero attached hydrogens (tertiary/aromatic N) is 3. The van der Waals surface area contributed by atoms with Crippen molar-refractivity contribution >= 4 is 11.8 Å². The molecule has 1 saturated heterocycles. The van der Waals surface area contributed by atoms with Crippen molar-refractivity contribution in [2.45, 2.75) is 13.8 Å². The average Bonchev–Trinajstić information content (AvgIpc) is 2.52. The molecule has 1 aromatic heterocycles. The standard InChI is InChI=1S/C18H21N3O/c1-18(2)12-20(3)17(22)21(13-18)16-10-9-15(11-19-16)14-7-5-4-6-8-14/h4-11H,12-13H2,1-3H3. The predicted molar refractivity (Wildman–Crippen MR) is 88.8 cm³/mol. The molecule has 0 atom stereocenters. The second kappa shape index (κ2) is 5.44. The molecule has 2 amide bonds. The molecule has 2 heterocycles. The van der Waals surface area contributed by atoms with Gasteiger partial charge in [0.25, 0.3) is 0 Å². The van der Waals surface area contributed by atoms with E-state index >= 15 is 0 Å². The lowest BCUT2D eigenvalue weighted by Gasteiger charge is -2.42. The van der Waals surface area contributed by atoms with E-state index in [0.717, 1.165) is 17.7 Å². The molecule has 1 aliphatic heterocycles. The number of benzene rings is 1. The fraction of sp³-hybridized carbons (Fsp3) is 0.333. The van der Waals surface area contributed by atoms with Gasteiger partial charge < -0.3 is 4.90 Å². The molecule has 3 rings (SSSR count). The van der Waals surface area contributed by atoms with Crippen molar-refractivity contribution in [1.82, 2.24) is 9.88 Å². The first-order chi connectivity index (χ1) is 10.5. The smallest absolute Gasteiger partial charge is 0.325 e. The van der Waals surface area contributed by atoms with Crippen LogP contribution in [0.4, 0.5) is 10.6 Å². The number of rotatable bonds is 2. The molecular formula is C18H21N3O. The number of hydrogen-bond donors (Lipinski definition) is 0. The van der Waals surface area contributed by atoms with E-state index in [1.54, 1.807) is 9.80 Å². The Morgan fingerprint density at radius 3 is 2.36 bits per heavy atom. The fourth-order valence-electron chi connectivity index (χ4n) is 2.99. The highest BCUT2D eigenvalue weighted by Gasteiger charge is 2.35. The summed E-state index contributed by atoms with van der Waals surface area (Å²) in [6.07, 6.45) is 1.83. The van der Waals surface area contributed by atoms with Gasteiger partial charge >= 0.3 is 6.03 Å². The van der Waals surface area contributed by atoms with E-state index < -0.39 is 0 Å². The lowest BCUT2D eigenvalue weighted by Crippen LogP contribution is -2.55. The maximum atomic E-state index is 12.4. The highest BCUT2D eigenvalue weighted by Crippen LogP contribution is 2.28. The van der Waals surface area contributed by atoms with Crippen molar-refractivity contribution in [3.05, 3.63) is 48.7 Å². The Labute approximate surface area is 131 Å². The number of anilines is 1. The summed E-state index contributed by atoms with van der Waals surface area (Å²) in [6, 6.07) is 14.1. The Morgan fingerprint density at radius 2 is 1.73 bits per heavy atom. The van der Waals surface area contributed by atoms with Crippen LogP contribution in [0.2, 0.25) is 0 Å². The van der Waals surface area contributed by atoms with Gasteiger partial charge in [0.1, 0.15) is 5.82 Å². The molecule has 1 aliphatic rings. The van der Waals surface area contributed by atoms with Crippen LogP contribution < -0.4 is 4.90 Å². The quantitative estimate of drug-likeness (QED) is 0.848. The van der Waals surface area contributed by atoms with Gasteiger partial charge in [-0.1, -0.05) is 44.2 Å². The number of amides is 2. The second-order valence-corrected chi connectivity index (χ2v) is 6.66. The Balaban J connectivity index is 1.88. The molecule has 1 fully saturated rings. The van der Waals surface area contributed by atoms with Crippen molar-refractivity contribution < 1.29 is 4.79 Å². The van der Waals surface area contributed by atoms with Crippen LogP contribution in [-0.4, -0.2) is 36.1 Å². The Bertz CT molecular complexity index is 664. The van der Waals surface area contributed by atoms with Gasteiger partial charge in [-0.2, -0.15) is 0 Å². The van der Waals surface area contributed by atoms with Gasteiger partial charge in [0.05, 0.1) is 0 Å². The molecule has 4 heteroatoms. The number of pyridine rings is 1. The summed E-state index contributed by atoms with van der Waals surface area (Å²) in [5.41, 5.74) is 2.24. The molecule has 114 valence electrons. The van der Waals surface area contributed by atoms with Crippen LogP contribution in [0.15, 0.2) is 48.7 Å². The Morgan fingerprint density at radius 1 is 1.00 bits per heavy atom. The summed E-state index contributed by atoms with van der Waals surface area (Å²) < 4.78 is 0. The molecule has 4 nitrogen and oxygen atoms in total. The number of hydrogen-bond acceptors (Lipinski definition) is 2. The van der Waals surface area contributed by atoms with Crippen LogP contribution in [0.1, 0.15) is 13.8 Å². The molecule has 0 bridgehead atoms. The summed E-state index contributed by atoms with van der Waals surface area (Å²) in [7, 11) is 1.84. The zero-order valence-corrected chi connectivity index (χ0v) is 13.3. The van der Waals surface area contributed by atoms with Gasteiger partial charge in [-0.15, -0.1) is 0 Å². The third kappa shape index (κ3) is 2.82. The minimum atomic E-state index is 0.0132. The first-order valence-electron chi connectivity index (χ1n) is 7.50. The molecule has 0 N–H and O–H groups in total. The summed E-state index contributed by atoms with van der Waals surface area (Å²) in [6.45, 7) is 5.79. The monoisotopic (exact) mass is 295 g/mol. The summed E-state index contributed by atoms with van der Waals surface area (Å²) >= 11 is 0. The van der Waals surface area contributed by atoms with E-state index in [4.69, 9.17) is 0 Å². The zero-order chi connectivity index (χ0) is 15.7. The molecule has 0 unspecified atom stereocenters. The lowest BCUT2D eigenvalue weighted by atomic mass is 9.90. The number of urea groups is 1. The van der Waals surface area contributed by atoms with E-state index in [-0.39, 0.29) is 11.4 Å². The van der Waals surface area contributed by atoms with Gasteiger partial charge in [0.2, 0.25) is 0 Å². The van der Waals surface area contributed by atoms with Crippen LogP contribution >= 0.6 is 0 Å². The van der Waals surface area contributed by atoms with Crippen molar-refractivity contribution in [1.29, 1.82) is 0 Å². The van der Waals surface area contributed by atoms with Gasteiger partial charge in [-0.3, -0.25) is 4.90 Å². The largest absolute Gasteiger partial charge is 0.327 e. The predicted octanol–water partition coefficient (Wildman–Crippen LogP) is 3.65. The fourth-order valence-corrected chi connectivity index (χ4v) is 2.99. The molecule has 0 saturated carbocycles. The van der Waals surface area contributed by atoms with E-state index in [1.165, 1.54) is 0 Å². The molecule has 0 spiro atoms. The summed E-state index contributed by atoms with van der Waals surface area (Å²) in [5, 5.41) is 0. The van der Waals surface area contributed by atoms with E-state index in [9.17, 15) is 4.79 Å². The van der Waals surface area contributed by atoms with Gasteiger partial charge in [-0.25, -0.2) is 9.78 Å². The van der Waals surface area contributed by atoms with Crippen LogP contribution in [0.3, 0.4) is 0 Å². The molecule has 2 aromatic rings. The summed E-state index contributed by atoms with van der Waals surface area (Å²) in [5.74, 6) is 0.712. The molecule has 0 radical (unpaired) electrons. The van der Waals surface area contributed by atoms with Crippen LogP contribution in [0.25, 0.3) is 11.1 Å². The Kier molecular flexibility index (Phi) is 3.61. The maximum Gasteiger partial charge on any atom is 0.325 e. The molecular weight excluding hydrogens is 274 g/mol. The SMILES string of the molecule is CN1CC(C)(C)CN(c2ccc(-c3ccccc3)cn2)C1=O. The van der Waals surface area contributed by atoms with Gasteiger partial charge in [0.15, 0.2) is 0 Å². The van der Waals surface area contributed by atoms with Crippen molar-refractivity contribution in [3.63, 3.8) is 0 Å². The average molecular weight is 295 g/mol. The second-order valence-electron chi connectivity index (χ2n) is 6.66. The normalized spacial score (nSPS) is 17.7. The zero-order valence-electron chi connectivity index (χ0n) is 13.3. The van der Waals surface area contributed by atoms with Crippen LogP contribution in [0.5, 0.6) is 0 Å². The first-order valence-corrected chi connectivity index (χ1v) is 7.50. The minimum absolute atomic E-state index is 0.0132. The van der Waals surface area contributed by atoms with Gasteiger partial charge in [-0.05, 0) is 17.7 Å².